The fraction of sp³-hybridized carbons (Fsp3) is 0.938. The monoisotopic (exact) mass is 288 g/mol. The zero-order valence-electron chi connectivity index (χ0n) is 12.7. The summed E-state index contributed by atoms with van der Waals surface area (Å²) in [5.41, 5.74) is 0. The van der Waals surface area contributed by atoms with Crippen molar-refractivity contribution in [3.63, 3.8) is 0 Å². The Morgan fingerprint density at radius 1 is 0.789 bits per heavy atom. The molecule has 0 saturated heterocycles. The molecule has 0 radical (unpaired) electrons. The number of thioether (sulfide) groups is 1. The molecule has 0 aliphatic carbocycles. The Bertz CT molecular complexity index is 195. The Hall–Kier alpha value is -0.180. The fourth-order valence-corrected chi connectivity index (χ4v) is 3.12. The van der Waals surface area contributed by atoms with Gasteiger partial charge in [0.1, 0.15) is 0 Å². The number of aliphatic carboxylic acids is 1. The van der Waals surface area contributed by atoms with Gasteiger partial charge in [-0.25, -0.2) is 0 Å². The van der Waals surface area contributed by atoms with Gasteiger partial charge < -0.3 is 5.11 Å². The minimum absolute atomic E-state index is 0.332. The molecule has 0 spiro atoms. The Morgan fingerprint density at radius 2 is 1.26 bits per heavy atom. The van der Waals surface area contributed by atoms with E-state index in [9.17, 15) is 4.79 Å². The molecule has 0 unspecified atom stereocenters. The van der Waals surface area contributed by atoms with E-state index in [4.69, 9.17) is 5.11 Å². The molecule has 1 N–H and O–H groups in total. The highest BCUT2D eigenvalue weighted by Gasteiger charge is 1.97. The Labute approximate surface area is 123 Å². The van der Waals surface area contributed by atoms with Crippen molar-refractivity contribution in [2.45, 2.75) is 84.0 Å². The number of hydrogen-bond donors (Lipinski definition) is 1. The van der Waals surface area contributed by atoms with Gasteiger partial charge in [-0.2, -0.15) is 11.8 Å². The number of unbranched alkanes of at least 4 members (excludes halogenated alkanes) is 9. The second-order valence-corrected chi connectivity index (χ2v) is 6.52. The number of carboxylic acid groups (broad SMARTS) is 1. The van der Waals surface area contributed by atoms with Crippen LogP contribution >= 0.6 is 11.8 Å². The molecule has 0 aliphatic rings. The third-order valence-electron chi connectivity index (χ3n) is 3.32. The molecule has 0 rings (SSSR count). The molecular formula is C16H32O2S. The van der Waals surface area contributed by atoms with E-state index in [0.717, 1.165) is 18.6 Å². The highest BCUT2D eigenvalue weighted by atomic mass is 32.2. The summed E-state index contributed by atoms with van der Waals surface area (Å²) in [5, 5.41) is 8.50. The molecule has 2 nitrogen and oxygen atoms in total. The summed E-state index contributed by atoms with van der Waals surface area (Å²) in [6.45, 7) is 2.26. The zero-order chi connectivity index (χ0) is 14.2. The first-order valence-corrected chi connectivity index (χ1v) is 9.22. The van der Waals surface area contributed by atoms with E-state index in [2.05, 4.69) is 6.92 Å². The standard InChI is InChI=1S/C16H32O2S/c1-2-3-4-5-6-7-8-9-11-14-19-15-12-10-13-16(17)18/h2-15H2,1H3,(H,17,18). The smallest absolute Gasteiger partial charge is 0.303 e. The van der Waals surface area contributed by atoms with Gasteiger partial charge >= 0.3 is 5.97 Å². The Morgan fingerprint density at radius 3 is 1.79 bits per heavy atom. The fourth-order valence-electron chi connectivity index (χ4n) is 2.10. The average molecular weight is 288 g/mol. The highest BCUT2D eigenvalue weighted by Crippen LogP contribution is 2.13. The first-order valence-electron chi connectivity index (χ1n) is 8.07. The van der Waals surface area contributed by atoms with Gasteiger partial charge in [0.2, 0.25) is 0 Å². The van der Waals surface area contributed by atoms with Crippen molar-refractivity contribution in [1.29, 1.82) is 0 Å². The summed E-state index contributed by atoms with van der Waals surface area (Å²) in [7, 11) is 0. The summed E-state index contributed by atoms with van der Waals surface area (Å²) in [4.78, 5) is 10.3. The van der Waals surface area contributed by atoms with Crippen LogP contribution in [0.15, 0.2) is 0 Å². The van der Waals surface area contributed by atoms with E-state index >= 15 is 0 Å². The molecule has 114 valence electrons. The van der Waals surface area contributed by atoms with Crippen molar-refractivity contribution >= 4 is 17.7 Å². The maximum absolute atomic E-state index is 10.3. The van der Waals surface area contributed by atoms with Gasteiger partial charge in [0.25, 0.3) is 0 Å². The molecule has 0 heterocycles. The van der Waals surface area contributed by atoms with Crippen LogP contribution in [-0.4, -0.2) is 22.6 Å². The summed E-state index contributed by atoms with van der Waals surface area (Å²) in [6, 6.07) is 0. The molecule has 19 heavy (non-hydrogen) atoms. The van der Waals surface area contributed by atoms with Crippen LogP contribution in [0.5, 0.6) is 0 Å². The van der Waals surface area contributed by atoms with E-state index < -0.39 is 5.97 Å². The van der Waals surface area contributed by atoms with Crippen molar-refractivity contribution in [2.24, 2.45) is 0 Å². The van der Waals surface area contributed by atoms with Gasteiger partial charge in [-0.3, -0.25) is 4.79 Å². The topological polar surface area (TPSA) is 37.3 Å². The van der Waals surface area contributed by atoms with Gasteiger partial charge in [0.15, 0.2) is 0 Å². The molecule has 0 aromatic carbocycles. The lowest BCUT2D eigenvalue weighted by Gasteiger charge is -2.02. The van der Waals surface area contributed by atoms with Crippen molar-refractivity contribution in [3.8, 4) is 0 Å². The molecular weight excluding hydrogens is 256 g/mol. The van der Waals surface area contributed by atoms with Crippen molar-refractivity contribution in [1.82, 2.24) is 0 Å². The number of rotatable bonds is 15. The first-order chi connectivity index (χ1) is 9.27. The summed E-state index contributed by atoms with van der Waals surface area (Å²) < 4.78 is 0. The van der Waals surface area contributed by atoms with Crippen molar-refractivity contribution < 1.29 is 9.90 Å². The van der Waals surface area contributed by atoms with E-state index in [1.54, 1.807) is 0 Å². The lowest BCUT2D eigenvalue weighted by molar-refractivity contribution is -0.137. The van der Waals surface area contributed by atoms with Gasteiger partial charge in [-0.15, -0.1) is 0 Å². The summed E-state index contributed by atoms with van der Waals surface area (Å²) >= 11 is 1.99. The normalized spacial score (nSPS) is 10.8. The largest absolute Gasteiger partial charge is 0.481 e. The first kappa shape index (κ1) is 18.8. The molecule has 0 bridgehead atoms. The second kappa shape index (κ2) is 15.9. The number of carboxylic acids is 1. The lowest BCUT2D eigenvalue weighted by atomic mass is 10.1. The van der Waals surface area contributed by atoms with Crippen molar-refractivity contribution in [3.05, 3.63) is 0 Å². The van der Waals surface area contributed by atoms with E-state index in [1.807, 2.05) is 11.8 Å². The van der Waals surface area contributed by atoms with Gasteiger partial charge in [0, 0.05) is 6.42 Å². The predicted octanol–water partition coefficient (Wildman–Crippen LogP) is 5.51. The summed E-state index contributed by atoms with van der Waals surface area (Å²) in [6.07, 6.45) is 14.7. The second-order valence-electron chi connectivity index (χ2n) is 5.29. The minimum Gasteiger partial charge on any atom is -0.481 e. The quantitative estimate of drug-likeness (QED) is 0.404. The van der Waals surface area contributed by atoms with Crippen LogP contribution in [0.4, 0.5) is 0 Å². The zero-order valence-corrected chi connectivity index (χ0v) is 13.5. The van der Waals surface area contributed by atoms with Crippen LogP contribution in [0, 0.1) is 0 Å². The van der Waals surface area contributed by atoms with E-state index in [1.165, 1.54) is 63.5 Å². The Balaban J connectivity index is 2.93. The van der Waals surface area contributed by atoms with Crippen LogP contribution < -0.4 is 0 Å². The van der Waals surface area contributed by atoms with Crippen LogP contribution in [0.1, 0.15) is 84.0 Å². The van der Waals surface area contributed by atoms with Crippen LogP contribution in [0.3, 0.4) is 0 Å². The van der Waals surface area contributed by atoms with Gasteiger partial charge in [-0.05, 0) is 30.8 Å². The van der Waals surface area contributed by atoms with Gasteiger partial charge in [0.05, 0.1) is 0 Å². The molecule has 0 atom stereocenters. The van der Waals surface area contributed by atoms with Crippen molar-refractivity contribution in [2.75, 3.05) is 11.5 Å². The average Bonchev–Trinajstić information content (AvgIpc) is 2.39. The molecule has 0 aromatic rings. The predicted molar refractivity (Wildman–Crippen MR) is 86.0 cm³/mol. The van der Waals surface area contributed by atoms with E-state index in [-0.39, 0.29) is 0 Å². The molecule has 0 aliphatic heterocycles. The van der Waals surface area contributed by atoms with Gasteiger partial charge in [-0.1, -0.05) is 58.3 Å². The third kappa shape index (κ3) is 17.8. The molecule has 0 aromatic heterocycles. The third-order valence-corrected chi connectivity index (χ3v) is 4.48. The number of carbonyl (C=O) groups is 1. The maximum Gasteiger partial charge on any atom is 0.303 e. The minimum atomic E-state index is -0.663. The van der Waals surface area contributed by atoms with E-state index in [0.29, 0.717) is 6.42 Å². The Kier molecular flexibility index (Phi) is 15.7. The highest BCUT2D eigenvalue weighted by molar-refractivity contribution is 7.99. The number of hydrogen-bond acceptors (Lipinski definition) is 2. The maximum atomic E-state index is 10.3. The molecule has 0 fully saturated rings. The lowest BCUT2D eigenvalue weighted by Crippen LogP contribution is -1.94. The SMILES string of the molecule is CCCCCCCCCCCSCCCCC(=O)O. The van der Waals surface area contributed by atoms with Crippen LogP contribution in [0.2, 0.25) is 0 Å². The molecule has 0 amide bonds. The molecule has 0 saturated carbocycles. The summed E-state index contributed by atoms with van der Waals surface area (Å²) in [5.74, 6) is 1.72. The van der Waals surface area contributed by atoms with Crippen LogP contribution in [0.25, 0.3) is 0 Å². The molecule has 3 heteroatoms. The van der Waals surface area contributed by atoms with Crippen LogP contribution in [-0.2, 0) is 4.79 Å².